The van der Waals surface area contributed by atoms with Crippen LogP contribution in [0.4, 0.5) is 24.8 Å². The zero-order valence-electron chi connectivity index (χ0n) is 21.7. The van der Waals surface area contributed by atoms with Gasteiger partial charge in [-0.1, -0.05) is 12.1 Å². The lowest BCUT2D eigenvalue weighted by molar-refractivity contribution is -0.137. The number of hydrogen-bond donors (Lipinski definition) is 2. The van der Waals surface area contributed by atoms with Gasteiger partial charge in [-0.3, -0.25) is 9.69 Å². The fourth-order valence-corrected chi connectivity index (χ4v) is 4.78. The number of halogens is 3. The highest BCUT2D eigenvalue weighted by Crippen LogP contribution is 2.33. The summed E-state index contributed by atoms with van der Waals surface area (Å²) in [4.78, 5) is 25.8. The van der Waals surface area contributed by atoms with E-state index in [0.717, 1.165) is 60.4 Å². The van der Waals surface area contributed by atoms with E-state index in [1.807, 2.05) is 38.2 Å². The van der Waals surface area contributed by atoms with E-state index >= 15 is 0 Å². The van der Waals surface area contributed by atoms with Crippen molar-refractivity contribution in [3.8, 4) is 11.1 Å². The van der Waals surface area contributed by atoms with Crippen molar-refractivity contribution in [3.63, 3.8) is 0 Å². The molecule has 1 fully saturated rings. The smallest absolute Gasteiger partial charge is 0.368 e. The second kappa shape index (κ2) is 10.6. The molecule has 0 unspecified atom stereocenters. The van der Waals surface area contributed by atoms with E-state index in [-0.39, 0.29) is 11.6 Å². The molecule has 3 N–H and O–H groups in total. The number of rotatable bonds is 5. The Bertz CT molecular complexity index is 1530. The molecule has 3 aromatic carbocycles. The SMILES string of the molecule is Cc1ccc(C(=O)Nc2cc(CN3CCN(C)CC3)cc(C(F)(F)F)c2)cc1-c1ccc2nc(N)ncc2c1. The minimum absolute atomic E-state index is 0.113. The molecule has 39 heavy (non-hydrogen) atoms. The Hall–Kier alpha value is -4.02. The number of aryl methyl sites for hydroxylation is 1. The van der Waals surface area contributed by atoms with Gasteiger partial charge >= 0.3 is 6.18 Å². The molecule has 1 amide bonds. The topological polar surface area (TPSA) is 87.4 Å². The zero-order chi connectivity index (χ0) is 27.7. The van der Waals surface area contributed by atoms with Crippen molar-refractivity contribution < 1.29 is 18.0 Å². The standard InChI is InChI=1S/C29H29F3N6O/c1-18-3-4-21(14-25(18)20-5-6-26-22(13-20)16-34-28(33)36-26)27(39)35-24-12-19(11-23(15-24)29(30,31)32)17-38-9-7-37(2)8-10-38/h3-6,11-16H,7-10,17H2,1-2H3,(H,35,39)(H2,33,34,36). The lowest BCUT2D eigenvalue weighted by Gasteiger charge is -2.32. The van der Waals surface area contributed by atoms with Gasteiger partial charge in [0.1, 0.15) is 0 Å². The largest absolute Gasteiger partial charge is 0.416 e. The third-order valence-electron chi connectivity index (χ3n) is 6.99. The van der Waals surface area contributed by atoms with Crippen LogP contribution in [0, 0.1) is 6.92 Å². The second-order valence-electron chi connectivity index (χ2n) is 9.98. The number of carbonyl (C=O) groups is 1. The molecule has 1 saturated heterocycles. The molecule has 1 aliphatic rings. The van der Waals surface area contributed by atoms with Crippen LogP contribution in [0.1, 0.15) is 27.0 Å². The summed E-state index contributed by atoms with van der Waals surface area (Å²) in [5.41, 5.74) is 9.17. The van der Waals surface area contributed by atoms with Gasteiger partial charge in [-0.25, -0.2) is 9.97 Å². The minimum Gasteiger partial charge on any atom is -0.368 e. The Labute approximate surface area is 224 Å². The van der Waals surface area contributed by atoms with Crippen LogP contribution in [0.2, 0.25) is 0 Å². The van der Waals surface area contributed by atoms with E-state index in [4.69, 9.17) is 5.73 Å². The van der Waals surface area contributed by atoms with Gasteiger partial charge in [0.15, 0.2) is 0 Å². The van der Waals surface area contributed by atoms with E-state index in [2.05, 4.69) is 25.1 Å². The Kier molecular flexibility index (Phi) is 7.24. The number of nitrogen functional groups attached to an aromatic ring is 1. The zero-order valence-corrected chi connectivity index (χ0v) is 21.7. The molecule has 202 valence electrons. The summed E-state index contributed by atoms with van der Waals surface area (Å²) >= 11 is 0. The molecule has 1 aliphatic heterocycles. The number of anilines is 2. The number of benzene rings is 3. The van der Waals surface area contributed by atoms with Gasteiger partial charge < -0.3 is 16.0 Å². The average molecular weight is 535 g/mol. The summed E-state index contributed by atoms with van der Waals surface area (Å²) in [6.45, 7) is 5.57. The number of amides is 1. The van der Waals surface area contributed by atoms with E-state index < -0.39 is 17.6 Å². The first-order chi connectivity index (χ1) is 18.5. The number of fused-ring (bicyclic) bond motifs is 1. The maximum Gasteiger partial charge on any atom is 0.416 e. The molecule has 0 aliphatic carbocycles. The molecule has 0 spiro atoms. The van der Waals surface area contributed by atoms with Crippen LogP contribution in [-0.4, -0.2) is 58.9 Å². The summed E-state index contributed by atoms with van der Waals surface area (Å²) in [5, 5.41) is 3.49. The van der Waals surface area contributed by atoms with Gasteiger partial charge in [-0.05, 0) is 78.7 Å². The van der Waals surface area contributed by atoms with Gasteiger partial charge in [-0.2, -0.15) is 13.2 Å². The fourth-order valence-electron chi connectivity index (χ4n) is 4.78. The number of carbonyl (C=O) groups excluding carboxylic acids is 1. The lowest BCUT2D eigenvalue weighted by atomic mass is 9.97. The van der Waals surface area contributed by atoms with Crippen molar-refractivity contribution in [2.45, 2.75) is 19.6 Å². The predicted molar refractivity (Wildman–Crippen MR) is 146 cm³/mol. The van der Waals surface area contributed by atoms with Crippen molar-refractivity contribution in [1.82, 2.24) is 19.8 Å². The monoisotopic (exact) mass is 534 g/mol. The number of likely N-dealkylation sites (N-methyl/N-ethyl adjacent to an activating group) is 1. The van der Waals surface area contributed by atoms with Crippen LogP contribution in [0.15, 0.2) is 60.8 Å². The highest BCUT2D eigenvalue weighted by atomic mass is 19.4. The van der Waals surface area contributed by atoms with Gasteiger partial charge in [0.05, 0.1) is 11.1 Å². The number of aromatic nitrogens is 2. The maximum absolute atomic E-state index is 13.7. The molecule has 0 bridgehead atoms. The van der Waals surface area contributed by atoms with Crippen molar-refractivity contribution in [1.29, 1.82) is 0 Å². The number of nitrogens with one attached hydrogen (secondary N) is 1. The Morgan fingerprint density at radius 1 is 1.03 bits per heavy atom. The Morgan fingerprint density at radius 3 is 2.54 bits per heavy atom. The average Bonchev–Trinajstić information content (AvgIpc) is 2.89. The molecule has 0 saturated carbocycles. The first kappa shape index (κ1) is 26.6. The van der Waals surface area contributed by atoms with Crippen molar-refractivity contribution in [2.75, 3.05) is 44.3 Å². The van der Waals surface area contributed by atoms with E-state index in [9.17, 15) is 18.0 Å². The third kappa shape index (κ3) is 6.18. The van der Waals surface area contributed by atoms with Crippen molar-refractivity contribution in [2.24, 2.45) is 0 Å². The third-order valence-corrected chi connectivity index (χ3v) is 6.99. The highest BCUT2D eigenvalue weighted by Gasteiger charge is 2.31. The van der Waals surface area contributed by atoms with Gasteiger partial charge in [0.25, 0.3) is 5.91 Å². The molecular weight excluding hydrogens is 505 g/mol. The predicted octanol–water partition coefficient (Wildman–Crippen LogP) is 5.21. The van der Waals surface area contributed by atoms with Crippen LogP contribution in [0.25, 0.3) is 22.0 Å². The van der Waals surface area contributed by atoms with Crippen LogP contribution in [0.5, 0.6) is 0 Å². The second-order valence-corrected chi connectivity index (χ2v) is 9.98. The van der Waals surface area contributed by atoms with E-state index in [1.165, 1.54) is 0 Å². The van der Waals surface area contributed by atoms with Crippen LogP contribution in [-0.2, 0) is 12.7 Å². The van der Waals surface area contributed by atoms with Gasteiger partial charge in [0.2, 0.25) is 5.95 Å². The molecule has 1 aromatic heterocycles. The Morgan fingerprint density at radius 2 is 1.79 bits per heavy atom. The lowest BCUT2D eigenvalue weighted by Crippen LogP contribution is -2.43. The van der Waals surface area contributed by atoms with Gasteiger partial charge in [0, 0.05) is 55.6 Å². The summed E-state index contributed by atoms with van der Waals surface area (Å²) < 4.78 is 41.1. The Balaban J connectivity index is 1.41. The van der Waals surface area contributed by atoms with Crippen molar-refractivity contribution in [3.05, 3.63) is 83.0 Å². The molecule has 5 rings (SSSR count). The number of nitrogens with two attached hydrogens (primary N) is 1. The first-order valence-electron chi connectivity index (χ1n) is 12.6. The maximum atomic E-state index is 13.7. The molecule has 4 aromatic rings. The molecular formula is C29H29F3N6O. The normalized spacial score (nSPS) is 15.0. The summed E-state index contributed by atoms with van der Waals surface area (Å²) in [5.74, 6) is -0.301. The number of hydrogen-bond acceptors (Lipinski definition) is 6. The summed E-state index contributed by atoms with van der Waals surface area (Å²) in [6, 6.07) is 14.6. The number of piperazine rings is 1. The summed E-state index contributed by atoms with van der Waals surface area (Å²) in [7, 11) is 2.02. The quantitative estimate of drug-likeness (QED) is 0.366. The summed E-state index contributed by atoms with van der Waals surface area (Å²) in [6.07, 6.45) is -2.89. The number of nitrogens with zero attached hydrogens (tertiary/aromatic N) is 4. The number of alkyl halides is 3. The fraction of sp³-hybridized carbons (Fsp3) is 0.276. The first-order valence-corrected chi connectivity index (χ1v) is 12.6. The molecule has 7 nitrogen and oxygen atoms in total. The van der Waals surface area contributed by atoms with Crippen molar-refractivity contribution >= 4 is 28.4 Å². The van der Waals surface area contributed by atoms with Crippen LogP contribution >= 0.6 is 0 Å². The van der Waals surface area contributed by atoms with Crippen LogP contribution in [0.3, 0.4) is 0 Å². The van der Waals surface area contributed by atoms with E-state index in [1.54, 1.807) is 24.4 Å². The molecule has 10 heteroatoms. The van der Waals surface area contributed by atoms with Gasteiger partial charge in [-0.15, -0.1) is 0 Å². The molecule has 0 radical (unpaired) electrons. The minimum atomic E-state index is -4.53. The van der Waals surface area contributed by atoms with Crippen LogP contribution < -0.4 is 11.1 Å². The molecule has 0 atom stereocenters. The highest BCUT2D eigenvalue weighted by molar-refractivity contribution is 6.05. The molecule has 2 heterocycles. The van der Waals surface area contributed by atoms with E-state index in [0.29, 0.717) is 23.2 Å².